The van der Waals surface area contributed by atoms with E-state index in [9.17, 15) is 0 Å². The van der Waals surface area contributed by atoms with Crippen molar-refractivity contribution in [1.29, 1.82) is 0 Å². The molecule has 0 aliphatic heterocycles. The molecular formula is C13H11NO. The summed E-state index contributed by atoms with van der Waals surface area (Å²) in [7, 11) is 0. The van der Waals surface area contributed by atoms with Crippen LogP contribution in [0.1, 0.15) is 6.42 Å². The minimum absolute atomic E-state index is 0.550. The Balaban J connectivity index is 2.20. The third kappa shape index (κ3) is 2.26. The van der Waals surface area contributed by atoms with Crippen LogP contribution in [0.4, 0.5) is 0 Å². The molecule has 0 aliphatic carbocycles. The van der Waals surface area contributed by atoms with Crippen molar-refractivity contribution >= 4 is 10.9 Å². The second kappa shape index (κ2) is 4.47. The van der Waals surface area contributed by atoms with Gasteiger partial charge in [0.15, 0.2) is 0 Å². The lowest BCUT2D eigenvalue weighted by Crippen LogP contribution is -1.95. The van der Waals surface area contributed by atoms with Crippen LogP contribution in [0.25, 0.3) is 10.9 Å². The van der Waals surface area contributed by atoms with Gasteiger partial charge in [0.25, 0.3) is 0 Å². The first kappa shape index (κ1) is 9.54. The van der Waals surface area contributed by atoms with Gasteiger partial charge in [0.05, 0.1) is 12.1 Å². The van der Waals surface area contributed by atoms with Gasteiger partial charge in [-0.1, -0.05) is 6.07 Å². The average Bonchev–Trinajstić information content (AvgIpc) is 2.29. The second-order valence-electron chi connectivity index (χ2n) is 3.16. The highest BCUT2D eigenvalue weighted by atomic mass is 16.5. The molecule has 0 amide bonds. The topological polar surface area (TPSA) is 22.1 Å². The number of rotatable bonds is 3. The van der Waals surface area contributed by atoms with Crippen LogP contribution in [0.2, 0.25) is 0 Å². The Bertz CT molecular complexity index is 499. The molecule has 0 bridgehead atoms. The number of aromatic nitrogens is 1. The van der Waals surface area contributed by atoms with Crippen molar-refractivity contribution in [3.05, 3.63) is 36.5 Å². The monoisotopic (exact) mass is 197 g/mol. The number of ether oxygens (including phenoxy) is 1. The summed E-state index contributed by atoms with van der Waals surface area (Å²) in [5, 5.41) is 1.11. The Morgan fingerprint density at radius 1 is 1.33 bits per heavy atom. The quantitative estimate of drug-likeness (QED) is 0.557. The van der Waals surface area contributed by atoms with Crippen LogP contribution in [0.3, 0.4) is 0 Å². The van der Waals surface area contributed by atoms with Gasteiger partial charge in [-0.05, 0) is 18.2 Å². The number of pyridine rings is 1. The molecule has 0 N–H and O–H groups in total. The molecule has 1 aromatic carbocycles. The van der Waals surface area contributed by atoms with Crippen molar-refractivity contribution in [2.24, 2.45) is 0 Å². The molecule has 0 unspecified atom stereocenters. The van der Waals surface area contributed by atoms with Crippen LogP contribution in [0.5, 0.6) is 5.75 Å². The molecule has 15 heavy (non-hydrogen) atoms. The summed E-state index contributed by atoms with van der Waals surface area (Å²) in [6.07, 6.45) is 7.54. The van der Waals surface area contributed by atoms with Crippen molar-refractivity contribution in [2.45, 2.75) is 6.42 Å². The molecule has 2 rings (SSSR count). The van der Waals surface area contributed by atoms with E-state index in [0.717, 1.165) is 16.7 Å². The zero-order valence-corrected chi connectivity index (χ0v) is 8.31. The SMILES string of the molecule is C#CCCOc1ccc2cccnc2c1. The lowest BCUT2D eigenvalue weighted by atomic mass is 10.2. The summed E-state index contributed by atoms with van der Waals surface area (Å²) < 4.78 is 5.47. The summed E-state index contributed by atoms with van der Waals surface area (Å²) in [6.45, 7) is 0.550. The van der Waals surface area contributed by atoms with Gasteiger partial charge < -0.3 is 4.74 Å². The molecule has 0 saturated heterocycles. The van der Waals surface area contributed by atoms with E-state index >= 15 is 0 Å². The normalized spacial score (nSPS) is 9.80. The summed E-state index contributed by atoms with van der Waals surface area (Å²) >= 11 is 0. The summed E-state index contributed by atoms with van der Waals surface area (Å²) in [4.78, 5) is 4.25. The third-order valence-corrected chi connectivity index (χ3v) is 2.09. The van der Waals surface area contributed by atoms with Crippen LogP contribution in [0, 0.1) is 12.3 Å². The van der Waals surface area contributed by atoms with E-state index in [0.29, 0.717) is 13.0 Å². The second-order valence-corrected chi connectivity index (χ2v) is 3.16. The van der Waals surface area contributed by atoms with Crippen LogP contribution in [-0.4, -0.2) is 11.6 Å². The van der Waals surface area contributed by atoms with Gasteiger partial charge in [-0.15, -0.1) is 12.3 Å². The first-order valence-electron chi connectivity index (χ1n) is 4.81. The summed E-state index contributed by atoms with van der Waals surface area (Å²) in [5.74, 6) is 3.35. The molecule has 2 heteroatoms. The number of hydrogen-bond donors (Lipinski definition) is 0. The number of hydrogen-bond acceptors (Lipinski definition) is 2. The number of fused-ring (bicyclic) bond motifs is 1. The first-order chi connectivity index (χ1) is 7.40. The molecule has 0 saturated carbocycles. The van der Waals surface area contributed by atoms with E-state index in [-0.39, 0.29) is 0 Å². The van der Waals surface area contributed by atoms with E-state index in [1.807, 2.05) is 30.3 Å². The molecule has 1 heterocycles. The zero-order valence-electron chi connectivity index (χ0n) is 8.31. The average molecular weight is 197 g/mol. The number of benzene rings is 1. The maximum atomic E-state index is 5.47. The van der Waals surface area contributed by atoms with E-state index in [2.05, 4.69) is 10.9 Å². The predicted molar refractivity (Wildman–Crippen MR) is 60.7 cm³/mol. The Hall–Kier alpha value is -2.01. The minimum Gasteiger partial charge on any atom is -0.493 e. The standard InChI is InChI=1S/C13H11NO/c1-2-3-9-15-12-7-6-11-5-4-8-14-13(11)10-12/h1,4-8,10H,3,9H2. The molecule has 1 aromatic heterocycles. The fraction of sp³-hybridized carbons (Fsp3) is 0.154. The zero-order chi connectivity index (χ0) is 10.5. The van der Waals surface area contributed by atoms with E-state index in [1.54, 1.807) is 6.20 Å². The molecular weight excluding hydrogens is 186 g/mol. The Morgan fingerprint density at radius 2 is 2.27 bits per heavy atom. The molecule has 74 valence electrons. The van der Waals surface area contributed by atoms with Gasteiger partial charge >= 0.3 is 0 Å². The van der Waals surface area contributed by atoms with E-state index in [4.69, 9.17) is 11.2 Å². The highest BCUT2D eigenvalue weighted by Gasteiger charge is 1.96. The van der Waals surface area contributed by atoms with Gasteiger partial charge in [-0.3, -0.25) is 4.98 Å². The largest absolute Gasteiger partial charge is 0.493 e. The van der Waals surface area contributed by atoms with Crippen LogP contribution in [0.15, 0.2) is 36.5 Å². The highest BCUT2D eigenvalue weighted by Crippen LogP contribution is 2.18. The molecule has 2 nitrogen and oxygen atoms in total. The van der Waals surface area contributed by atoms with E-state index in [1.165, 1.54) is 0 Å². The van der Waals surface area contributed by atoms with Gasteiger partial charge in [-0.2, -0.15) is 0 Å². The fourth-order valence-corrected chi connectivity index (χ4v) is 1.36. The van der Waals surface area contributed by atoms with Gasteiger partial charge in [0.1, 0.15) is 5.75 Å². The molecule has 0 fully saturated rings. The van der Waals surface area contributed by atoms with Crippen molar-refractivity contribution in [1.82, 2.24) is 4.98 Å². The molecule has 0 radical (unpaired) electrons. The van der Waals surface area contributed by atoms with Crippen LogP contribution in [-0.2, 0) is 0 Å². The number of nitrogens with zero attached hydrogens (tertiary/aromatic N) is 1. The van der Waals surface area contributed by atoms with Crippen molar-refractivity contribution in [3.63, 3.8) is 0 Å². The lowest BCUT2D eigenvalue weighted by Gasteiger charge is -2.04. The van der Waals surface area contributed by atoms with Gasteiger partial charge in [0.2, 0.25) is 0 Å². The van der Waals surface area contributed by atoms with Gasteiger partial charge in [0, 0.05) is 24.1 Å². The first-order valence-corrected chi connectivity index (χ1v) is 4.81. The fourth-order valence-electron chi connectivity index (χ4n) is 1.36. The van der Waals surface area contributed by atoms with Gasteiger partial charge in [-0.25, -0.2) is 0 Å². The van der Waals surface area contributed by atoms with Crippen molar-refractivity contribution < 1.29 is 4.74 Å². The Morgan fingerprint density at radius 3 is 3.13 bits per heavy atom. The number of terminal acetylenes is 1. The van der Waals surface area contributed by atoms with Crippen LogP contribution < -0.4 is 4.74 Å². The molecule has 2 aromatic rings. The van der Waals surface area contributed by atoms with Crippen LogP contribution >= 0.6 is 0 Å². The molecule has 0 spiro atoms. The third-order valence-electron chi connectivity index (χ3n) is 2.09. The predicted octanol–water partition coefficient (Wildman–Crippen LogP) is 2.64. The Kier molecular flexibility index (Phi) is 2.85. The highest BCUT2D eigenvalue weighted by molar-refractivity contribution is 5.79. The lowest BCUT2D eigenvalue weighted by molar-refractivity contribution is 0.327. The minimum atomic E-state index is 0.550. The molecule has 0 aliphatic rings. The van der Waals surface area contributed by atoms with E-state index < -0.39 is 0 Å². The van der Waals surface area contributed by atoms with Crippen molar-refractivity contribution in [3.8, 4) is 18.1 Å². The smallest absolute Gasteiger partial charge is 0.121 e. The maximum Gasteiger partial charge on any atom is 0.121 e. The Labute approximate surface area is 88.9 Å². The van der Waals surface area contributed by atoms with Crippen molar-refractivity contribution in [2.75, 3.05) is 6.61 Å². The maximum absolute atomic E-state index is 5.47. The summed E-state index contributed by atoms with van der Waals surface area (Å²) in [6, 6.07) is 9.79. The summed E-state index contributed by atoms with van der Waals surface area (Å²) in [5.41, 5.74) is 0.940. The molecule has 0 atom stereocenters.